The Morgan fingerprint density at radius 2 is 2.00 bits per heavy atom. The molecule has 2 atom stereocenters. The molecule has 5 heterocycles. The summed E-state index contributed by atoms with van der Waals surface area (Å²) in [7, 11) is 2.21. The van der Waals surface area contributed by atoms with Gasteiger partial charge in [0, 0.05) is 44.1 Å². The van der Waals surface area contributed by atoms with Crippen molar-refractivity contribution in [3.8, 4) is 0 Å². The Balaban J connectivity index is 1.23. The predicted molar refractivity (Wildman–Crippen MR) is 130 cm³/mol. The minimum absolute atomic E-state index is 0.0700. The maximum atomic E-state index is 13.6. The SMILES string of the molecule is Cc1nn(C2CC3CCC(C2)N3C)cc1Nc1ncc(C(F)F)c(NCCCN2CC=COC2=O)n1. The summed E-state index contributed by atoms with van der Waals surface area (Å²) in [5.74, 6) is 0.290. The van der Waals surface area contributed by atoms with Gasteiger partial charge in [0.1, 0.15) is 5.82 Å². The molecule has 12 heteroatoms. The fourth-order valence-corrected chi connectivity index (χ4v) is 5.35. The first-order valence-electron chi connectivity index (χ1n) is 12.4. The third-order valence-electron chi connectivity index (χ3n) is 7.41. The molecule has 0 radical (unpaired) electrons. The summed E-state index contributed by atoms with van der Waals surface area (Å²) in [6.45, 7) is 3.18. The fraction of sp³-hybridized carbons (Fsp3) is 0.583. The summed E-state index contributed by atoms with van der Waals surface area (Å²) >= 11 is 0. The first-order chi connectivity index (χ1) is 17.4. The molecule has 2 saturated heterocycles. The van der Waals surface area contributed by atoms with E-state index in [1.807, 2.05) is 17.8 Å². The van der Waals surface area contributed by atoms with Crippen molar-refractivity contribution in [3.05, 3.63) is 36.0 Å². The van der Waals surface area contributed by atoms with Crippen molar-refractivity contribution in [3.63, 3.8) is 0 Å². The average Bonchev–Trinajstić information content (AvgIpc) is 3.29. The van der Waals surface area contributed by atoms with E-state index in [0.29, 0.717) is 44.2 Å². The van der Waals surface area contributed by atoms with Crippen molar-refractivity contribution < 1.29 is 18.3 Å². The normalized spacial score (nSPS) is 23.9. The molecule has 2 aromatic rings. The highest BCUT2D eigenvalue weighted by Gasteiger charge is 2.39. The van der Waals surface area contributed by atoms with Gasteiger partial charge in [-0.3, -0.25) is 4.68 Å². The van der Waals surface area contributed by atoms with Crippen LogP contribution in [0.5, 0.6) is 0 Å². The molecule has 0 spiro atoms. The van der Waals surface area contributed by atoms with Crippen LogP contribution >= 0.6 is 0 Å². The number of nitrogens with zero attached hydrogens (tertiary/aromatic N) is 6. The number of hydrogen-bond acceptors (Lipinski definition) is 8. The minimum atomic E-state index is -2.71. The zero-order valence-corrected chi connectivity index (χ0v) is 20.5. The van der Waals surface area contributed by atoms with Gasteiger partial charge in [-0.15, -0.1) is 0 Å². The Morgan fingerprint density at radius 3 is 2.72 bits per heavy atom. The molecule has 0 saturated carbocycles. The van der Waals surface area contributed by atoms with Gasteiger partial charge < -0.3 is 25.2 Å². The van der Waals surface area contributed by atoms with Crippen molar-refractivity contribution in [1.29, 1.82) is 0 Å². The molecule has 5 rings (SSSR count). The maximum Gasteiger partial charge on any atom is 0.414 e. The maximum absolute atomic E-state index is 13.6. The molecular weight excluding hydrogens is 470 g/mol. The van der Waals surface area contributed by atoms with Crippen LogP contribution in [0.3, 0.4) is 0 Å². The summed E-state index contributed by atoms with van der Waals surface area (Å²) in [4.78, 5) is 24.2. The molecule has 0 aliphatic carbocycles. The van der Waals surface area contributed by atoms with Crippen LogP contribution in [0.15, 0.2) is 24.7 Å². The number of nitrogens with one attached hydrogen (secondary N) is 2. The number of aryl methyl sites for hydroxylation is 1. The lowest BCUT2D eigenvalue weighted by Gasteiger charge is -2.36. The molecule has 2 aromatic heterocycles. The number of carbonyl (C=O) groups is 1. The van der Waals surface area contributed by atoms with Crippen LogP contribution in [0.1, 0.15) is 55.8 Å². The molecular formula is C24H32F2N8O2. The zero-order valence-electron chi connectivity index (χ0n) is 20.5. The van der Waals surface area contributed by atoms with E-state index in [-0.39, 0.29) is 17.3 Å². The first kappa shape index (κ1) is 24.4. The molecule has 2 unspecified atom stereocenters. The fourth-order valence-electron chi connectivity index (χ4n) is 5.35. The lowest BCUT2D eigenvalue weighted by molar-refractivity contribution is 0.131. The molecule has 3 aliphatic rings. The average molecular weight is 503 g/mol. The van der Waals surface area contributed by atoms with E-state index in [9.17, 15) is 13.6 Å². The number of cyclic esters (lactones) is 1. The van der Waals surface area contributed by atoms with Crippen LogP contribution in [0.25, 0.3) is 0 Å². The molecule has 10 nitrogen and oxygen atoms in total. The van der Waals surface area contributed by atoms with E-state index in [0.717, 1.165) is 30.4 Å². The van der Waals surface area contributed by atoms with E-state index >= 15 is 0 Å². The molecule has 1 amide bonds. The molecule has 0 aromatic carbocycles. The van der Waals surface area contributed by atoms with Crippen LogP contribution in [0, 0.1) is 6.92 Å². The second kappa shape index (κ2) is 10.4. The van der Waals surface area contributed by atoms with Crippen molar-refractivity contribution in [2.24, 2.45) is 0 Å². The van der Waals surface area contributed by atoms with Gasteiger partial charge in [0.15, 0.2) is 0 Å². The second-order valence-corrected chi connectivity index (χ2v) is 9.69. The molecule has 194 valence electrons. The number of halogens is 2. The van der Waals surface area contributed by atoms with Crippen molar-refractivity contribution in [2.75, 3.05) is 37.3 Å². The van der Waals surface area contributed by atoms with E-state index in [1.54, 1.807) is 11.0 Å². The Bertz CT molecular complexity index is 1110. The molecule has 3 aliphatic heterocycles. The Hall–Kier alpha value is -3.28. The summed E-state index contributed by atoms with van der Waals surface area (Å²) in [5, 5.41) is 10.9. The minimum Gasteiger partial charge on any atom is -0.418 e. The zero-order chi connectivity index (χ0) is 25.2. The third kappa shape index (κ3) is 5.13. The quantitative estimate of drug-likeness (QED) is 0.492. The van der Waals surface area contributed by atoms with Gasteiger partial charge in [-0.1, -0.05) is 0 Å². The number of carbonyl (C=O) groups excluding carboxylic acids is 1. The van der Waals surface area contributed by atoms with Crippen molar-refractivity contribution in [1.82, 2.24) is 29.5 Å². The van der Waals surface area contributed by atoms with Crippen LogP contribution in [0.2, 0.25) is 0 Å². The van der Waals surface area contributed by atoms with Crippen LogP contribution in [0.4, 0.5) is 31.0 Å². The number of fused-ring (bicyclic) bond motifs is 2. The van der Waals surface area contributed by atoms with Crippen molar-refractivity contribution >= 4 is 23.5 Å². The van der Waals surface area contributed by atoms with Gasteiger partial charge in [-0.05, 0) is 52.2 Å². The van der Waals surface area contributed by atoms with Crippen LogP contribution in [-0.2, 0) is 4.74 Å². The van der Waals surface area contributed by atoms with Gasteiger partial charge in [-0.25, -0.2) is 18.6 Å². The number of piperidine rings is 1. The molecule has 36 heavy (non-hydrogen) atoms. The topological polar surface area (TPSA) is 100 Å². The van der Waals surface area contributed by atoms with Gasteiger partial charge in [-0.2, -0.15) is 10.1 Å². The smallest absolute Gasteiger partial charge is 0.414 e. The predicted octanol–water partition coefficient (Wildman–Crippen LogP) is 4.23. The molecule has 2 bridgehead atoms. The summed E-state index contributed by atoms with van der Waals surface area (Å²) in [6.07, 6.45) is 8.26. The Morgan fingerprint density at radius 1 is 1.22 bits per heavy atom. The van der Waals surface area contributed by atoms with E-state index in [1.165, 1.54) is 19.1 Å². The lowest BCUT2D eigenvalue weighted by atomic mass is 9.98. The molecule has 2 N–H and O–H groups in total. The highest BCUT2D eigenvalue weighted by atomic mass is 19.3. The largest absolute Gasteiger partial charge is 0.418 e. The number of aromatic nitrogens is 4. The number of anilines is 3. The highest BCUT2D eigenvalue weighted by Crippen LogP contribution is 2.40. The van der Waals surface area contributed by atoms with E-state index in [2.05, 4.69) is 32.5 Å². The van der Waals surface area contributed by atoms with Gasteiger partial charge in [0.05, 0.1) is 29.2 Å². The van der Waals surface area contributed by atoms with Gasteiger partial charge in [0.2, 0.25) is 5.95 Å². The monoisotopic (exact) mass is 502 g/mol. The van der Waals surface area contributed by atoms with Gasteiger partial charge >= 0.3 is 6.09 Å². The summed E-state index contributed by atoms with van der Waals surface area (Å²) < 4.78 is 34.0. The van der Waals surface area contributed by atoms with E-state index in [4.69, 9.17) is 9.84 Å². The van der Waals surface area contributed by atoms with Gasteiger partial charge in [0.25, 0.3) is 6.43 Å². The highest BCUT2D eigenvalue weighted by molar-refractivity contribution is 5.69. The number of hydrogen-bond donors (Lipinski definition) is 2. The number of ether oxygens (including phenoxy) is 1. The van der Waals surface area contributed by atoms with E-state index < -0.39 is 12.5 Å². The number of alkyl halides is 2. The summed E-state index contributed by atoms with van der Waals surface area (Å²) in [6, 6.07) is 1.55. The standard InChI is InChI=1S/C24H32F2N8O2/c1-15-20(14-34(31-15)18-11-16-5-6-17(12-18)32(16)2)29-23-28-13-19(21(25)26)22(30-23)27-7-3-8-33-9-4-10-36-24(33)35/h4,10,13-14,16-18,21H,3,5-9,11-12H2,1-2H3,(H2,27,28,29,30). The lowest BCUT2D eigenvalue weighted by Crippen LogP contribution is -2.40. The number of rotatable bonds is 9. The van der Waals surface area contributed by atoms with Crippen molar-refractivity contribution in [2.45, 2.75) is 63.6 Å². The molecule has 2 fully saturated rings. The Labute approximate surface area is 208 Å². The second-order valence-electron chi connectivity index (χ2n) is 9.69. The Kier molecular flexibility index (Phi) is 7.04. The summed E-state index contributed by atoms with van der Waals surface area (Å²) in [5.41, 5.74) is 1.29. The van der Waals surface area contributed by atoms with Crippen LogP contribution < -0.4 is 10.6 Å². The number of amides is 1. The third-order valence-corrected chi connectivity index (χ3v) is 7.41. The van der Waals surface area contributed by atoms with Crippen LogP contribution in [-0.4, -0.2) is 74.4 Å². The first-order valence-corrected chi connectivity index (χ1v) is 12.4.